The van der Waals surface area contributed by atoms with Crippen molar-refractivity contribution in [1.82, 2.24) is 9.97 Å². The van der Waals surface area contributed by atoms with Gasteiger partial charge in [-0.15, -0.1) is 11.3 Å². The van der Waals surface area contributed by atoms with Crippen LogP contribution < -0.4 is 5.32 Å². The quantitative estimate of drug-likeness (QED) is 0.753. The molecule has 2 aromatic heterocycles. The van der Waals surface area contributed by atoms with Crippen LogP contribution in [0, 0.1) is 5.92 Å². The second-order valence-electron chi connectivity index (χ2n) is 5.56. The van der Waals surface area contributed by atoms with Crippen molar-refractivity contribution < 1.29 is 0 Å². The fourth-order valence-electron chi connectivity index (χ4n) is 2.27. The van der Waals surface area contributed by atoms with E-state index in [1.165, 1.54) is 5.56 Å². The van der Waals surface area contributed by atoms with Crippen LogP contribution in [0.5, 0.6) is 0 Å². The Bertz CT molecular complexity index is 719. The highest BCUT2D eigenvalue weighted by atomic mass is 32.1. The highest BCUT2D eigenvalue weighted by Crippen LogP contribution is 2.27. The van der Waals surface area contributed by atoms with E-state index in [-0.39, 0.29) is 0 Å². The summed E-state index contributed by atoms with van der Waals surface area (Å²) in [6, 6.07) is 12.5. The molecule has 0 bridgehead atoms. The summed E-state index contributed by atoms with van der Waals surface area (Å²) < 4.78 is 1.14. The first-order valence-corrected chi connectivity index (χ1v) is 8.12. The van der Waals surface area contributed by atoms with Gasteiger partial charge >= 0.3 is 0 Å². The van der Waals surface area contributed by atoms with Crippen LogP contribution in [0.3, 0.4) is 0 Å². The second-order valence-corrected chi connectivity index (χ2v) is 6.48. The second kappa shape index (κ2) is 6.22. The Morgan fingerprint density at radius 1 is 1.10 bits per heavy atom. The number of thiophene rings is 1. The monoisotopic (exact) mass is 297 g/mol. The number of nitrogens with zero attached hydrogens (tertiary/aromatic N) is 2. The number of benzene rings is 1. The molecule has 0 aliphatic carbocycles. The summed E-state index contributed by atoms with van der Waals surface area (Å²) in [6.07, 6.45) is 0.909. The number of aromatic nitrogens is 2. The maximum absolute atomic E-state index is 4.72. The normalized spacial score (nSPS) is 11.2. The Hall–Kier alpha value is -1.94. The molecule has 0 saturated heterocycles. The van der Waals surface area contributed by atoms with E-state index < -0.39 is 0 Å². The lowest BCUT2D eigenvalue weighted by molar-refractivity contribution is 0.623. The van der Waals surface area contributed by atoms with Crippen molar-refractivity contribution in [3.8, 4) is 0 Å². The van der Waals surface area contributed by atoms with Gasteiger partial charge in [-0.1, -0.05) is 44.2 Å². The van der Waals surface area contributed by atoms with Crippen molar-refractivity contribution in [3.05, 3.63) is 53.2 Å². The van der Waals surface area contributed by atoms with Gasteiger partial charge in [0, 0.05) is 13.0 Å². The third-order valence-electron chi connectivity index (χ3n) is 3.24. The summed E-state index contributed by atoms with van der Waals surface area (Å²) in [5, 5.41) is 5.54. The smallest absolute Gasteiger partial charge is 0.148 e. The molecule has 0 fully saturated rings. The van der Waals surface area contributed by atoms with E-state index in [1.807, 2.05) is 6.07 Å². The van der Waals surface area contributed by atoms with Gasteiger partial charge in [0.15, 0.2) is 0 Å². The topological polar surface area (TPSA) is 37.8 Å². The molecule has 0 atom stereocenters. The summed E-state index contributed by atoms with van der Waals surface area (Å²) in [7, 11) is 0. The van der Waals surface area contributed by atoms with Gasteiger partial charge in [0.05, 0.1) is 10.2 Å². The molecule has 0 saturated carbocycles. The van der Waals surface area contributed by atoms with Crippen LogP contribution in [-0.2, 0) is 13.0 Å². The molecular formula is C17H19N3S. The molecule has 21 heavy (non-hydrogen) atoms. The number of anilines is 1. The lowest BCUT2D eigenvalue weighted by Gasteiger charge is -2.10. The summed E-state index contributed by atoms with van der Waals surface area (Å²) in [6.45, 7) is 5.17. The van der Waals surface area contributed by atoms with Crippen LogP contribution >= 0.6 is 11.3 Å². The lowest BCUT2D eigenvalue weighted by Crippen LogP contribution is -2.06. The standard InChI is InChI=1S/C17H19N3S/c1-12(2)10-15-19-14-8-9-21-16(14)17(20-15)18-11-13-6-4-3-5-7-13/h3-9,12H,10-11H2,1-2H3,(H,18,19,20). The van der Waals surface area contributed by atoms with Gasteiger partial charge in [0.2, 0.25) is 0 Å². The number of nitrogens with one attached hydrogen (secondary N) is 1. The molecule has 0 radical (unpaired) electrons. The van der Waals surface area contributed by atoms with Crippen molar-refractivity contribution >= 4 is 27.4 Å². The Balaban J connectivity index is 1.87. The van der Waals surface area contributed by atoms with Crippen LogP contribution in [0.4, 0.5) is 5.82 Å². The van der Waals surface area contributed by atoms with Gasteiger partial charge in [-0.25, -0.2) is 9.97 Å². The third-order valence-corrected chi connectivity index (χ3v) is 4.15. The van der Waals surface area contributed by atoms with Crippen LogP contribution in [0.15, 0.2) is 41.8 Å². The highest BCUT2D eigenvalue weighted by molar-refractivity contribution is 7.17. The minimum atomic E-state index is 0.558. The van der Waals surface area contributed by atoms with Gasteiger partial charge in [-0.3, -0.25) is 0 Å². The molecule has 3 rings (SSSR count). The van der Waals surface area contributed by atoms with Crippen molar-refractivity contribution in [2.24, 2.45) is 5.92 Å². The molecule has 1 N–H and O–H groups in total. The molecule has 4 heteroatoms. The number of hydrogen-bond acceptors (Lipinski definition) is 4. The largest absolute Gasteiger partial charge is 0.365 e. The minimum absolute atomic E-state index is 0.558. The summed E-state index contributed by atoms with van der Waals surface area (Å²) in [5.74, 6) is 2.43. The van der Waals surface area contributed by atoms with Gasteiger partial charge in [0.1, 0.15) is 11.6 Å². The van der Waals surface area contributed by atoms with E-state index in [2.05, 4.69) is 59.9 Å². The number of fused-ring (bicyclic) bond motifs is 1. The van der Waals surface area contributed by atoms with E-state index >= 15 is 0 Å². The molecular weight excluding hydrogens is 278 g/mol. The summed E-state index contributed by atoms with van der Waals surface area (Å²) >= 11 is 1.69. The van der Waals surface area contributed by atoms with Crippen molar-refractivity contribution in [3.63, 3.8) is 0 Å². The van der Waals surface area contributed by atoms with Crippen LogP contribution in [0.25, 0.3) is 10.2 Å². The summed E-state index contributed by atoms with van der Waals surface area (Å²) in [5.41, 5.74) is 2.30. The predicted octanol–water partition coefficient (Wildman–Crippen LogP) is 4.50. The first kappa shape index (κ1) is 14.0. The Labute approximate surface area is 129 Å². The first-order valence-electron chi connectivity index (χ1n) is 7.24. The Kier molecular flexibility index (Phi) is 4.15. The summed E-state index contributed by atoms with van der Waals surface area (Å²) in [4.78, 5) is 9.37. The molecule has 108 valence electrons. The van der Waals surface area contributed by atoms with Gasteiger partial charge in [-0.2, -0.15) is 0 Å². The van der Waals surface area contributed by atoms with Crippen LogP contribution in [0.1, 0.15) is 25.2 Å². The van der Waals surface area contributed by atoms with Crippen molar-refractivity contribution in [2.45, 2.75) is 26.8 Å². The first-order chi connectivity index (χ1) is 10.2. The average Bonchev–Trinajstić information content (AvgIpc) is 2.93. The maximum atomic E-state index is 4.72. The molecule has 1 aromatic carbocycles. The van der Waals surface area contributed by atoms with E-state index in [1.54, 1.807) is 11.3 Å². The SMILES string of the molecule is CC(C)Cc1nc(NCc2ccccc2)c2sccc2n1. The molecule has 0 aliphatic heterocycles. The zero-order chi connectivity index (χ0) is 14.7. The van der Waals surface area contributed by atoms with Crippen molar-refractivity contribution in [2.75, 3.05) is 5.32 Å². The zero-order valence-corrected chi connectivity index (χ0v) is 13.2. The van der Waals surface area contributed by atoms with Crippen LogP contribution in [0.2, 0.25) is 0 Å². The average molecular weight is 297 g/mol. The Morgan fingerprint density at radius 2 is 1.90 bits per heavy atom. The molecule has 2 heterocycles. The number of rotatable bonds is 5. The van der Waals surface area contributed by atoms with Crippen molar-refractivity contribution in [1.29, 1.82) is 0 Å². The molecule has 3 aromatic rings. The lowest BCUT2D eigenvalue weighted by atomic mass is 10.1. The molecule has 0 unspecified atom stereocenters. The van der Waals surface area contributed by atoms with Crippen LogP contribution in [-0.4, -0.2) is 9.97 Å². The van der Waals surface area contributed by atoms with Gasteiger partial charge in [-0.05, 0) is 22.9 Å². The van der Waals surface area contributed by atoms with E-state index in [0.29, 0.717) is 5.92 Å². The fourth-order valence-corrected chi connectivity index (χ4v) is 3.07. The van der Waals surface area contributed by atoms with E-state index in [9.17, 15) is 0 Å². The van der Waals surface area contributed by atoms with Gasteiger partial charge < -0.3 is 5.32 Å². The predicted molar refractivity (Wildman–Crippen MR) is 89.7 cm³/mol. The number of hydrogen-bond donors (Lipinski definition) is 1. The van der Waals surface area contributed by atoms with E-state index in [0.717, 1.165) is 34.8 Å². The highest BCUT2D eigenvalue weighted by Gasteiger charge is 2.10. The molecule has 0 spiro atoms. The molecule has 0 aliphatic rings. The zero-order valence-electron chi connectivity index (χ0n) is 12.3. The molecule has 3 nitrogen and oxygen atoms in total. The Morgan fingerprint density at radius 3 is 2.67 bits per heavy atom. The van der Waals surface area contributed by atoms with E-state index in [4.69, 9.17) is 4.98 Å². The fraction of sp³-hybridized carbons (Fsp3) is 0.294. The van der Waals surface area contributed by atoms with Gasteiger partial charge in [0.25, 0.3) is 0 Å². The third kappa shape index (κ3) is 3.39. The maximum Gasteiger partial charge on any atom is 0.148 e. The minimum Gasteiger partial charge on any atom is -0.365 e. The molecule has 0 amide bonds.